The molecule has 0 saturated carbocycles. The Kier molecular flexibility index (Phi) is 3.49. The van der Waals surface area contributed by atoms with E-state index >= 15 is 0 Å². The van der Waals surface area contributed by atoms with Crippen LogP contribution in [0.15, 0.2) is 17.1 Å². The Bertz CT molecular complexity index is 523. The molecule has 0 radical (unpaired) electrons. The van der Waals surface area contributed by atoms with E-state index in [0.29, 0.717) is 4.57 Å². The van der Waals surface area contributed by atoms with Crippen molar-refractivity contribution in [2.45, 2.75) is 24.4 Å². The van der Waals surface area contributed by atoms with Gasteiger partial charge in [0.25, 0.3) is 0 Å². The zero-order chi connectivity index (χ0) is 14.2. The molecule has 8 nitrogen and oxygen atoms in total. The van der Waals surface area contributed by atoms with Gasteiger partial charge in [0.2, 0.25) is 6.23 Å². The lowest BCUT2D eigenvalue weighted by molar-refractivity contribution is -0.141. The van der Waals surface area contributed by atoms with Gasteiger partial charge in [-0.05, 0) is 6.07 Å². The molecule has 3 unspecified atom stereocenters. The first-order chi connectivity index (χ1) is 8.87. The first kappa shape index (κ1) is 13.8. The molecule has 106 valence electrons. The maximum absolute atomic E-state index is 13.9. The maximum atomic E-state index is 13.9. The van der Waals surface area contributed by atoms with Crippen molar-refractivity contribution in [1.82, 2.24) is 9.55 Å². The molecule has 1 aliphatic heterocycles. The summed E-state index contributed by atoms with van der Waals surface area (Å²) in [6.07, 6.45) is -4.48. The largest absolute Gasteiger partial charge is 0.384 e. The molecule has 19 heavy (non-hydrogen) atoms. The van der Waals surface area contributed by atoms with Gasteiger partial charge in [0.15, 0.2) is 6.10 Å². The Labute approximate surface area is 105 Å². The van der Waals surface area contributed by atoms with E-state index in [0.717, 1.165) is 6.20 Å². The minimum absolute atomic E-state index is 0.107. The Hall–Kier alpha value is -1.62. The fourth-order valence-electron chi connectivity index (χ4n) is 1.81. The smallest absolute Gasteiger partial charge is 0.351 e. The number of nitrogens with two attached hydrogens (primary N) is 2. The van der Waals surface area contributed by atoms with Gasteiger partial charge in [0.05, 0.1) is 6.61 Å². The summed E-state index contributed by atoms with van der Waals surface area (Å²) in [6.45, 7) is -0.440. The number of anilines is 1. The van der Waals surface area contributed by atoms with Crippen LogP contribution in [-0.4, -0.2) is 39.4 Å². The van der Waals surface area contributed by atoms with Crippen LogP contribution in [0, 0.1) is 0 Å². The van der Waals surface area contributed by atoms with Crippen LogP contribution < -0.4 is 17.3 Å². The van der Waals surface area contributed by atoms with E-state index in [1.807, 2.05) is 0 Å². The van der Waals surface area contributed by atoms with Gasteiger partial charge in [-0.2, -0.15) is 13.8 Å². The third kappa shape index (κ3) is 2.30. The van der Waals surface area contributed by atoms with Gasteiger partial charge in [-0.15, -0.1) is 0 Å². The standard InChI is InChI=1S/C9H12F2N4O4/c10-9(11)6(16)4(3-18-13)19-7(9)15-2-1-5(12)14-8(15)17/h1-2,4,6-7,16H,3,13H2,(H2,12,14,17). The van der Waals surface area contributed by atoms with Gasteiger partial charge < -0.3 is 20.4 Å². The van der Waals surface area contributed by atoms with Crippen molar-refractivity contribution in [2.75, 3.05) is 12.3 Å². The Morgan fingerprint density at radius 1 is 1.63 bits per heavy atom. The zero-order valence-corrected chi connectivity index (χ0v) is 9.57. The molecule has 3 atom stereocenters. The van der Waals surface area contributed by atoms with E-state index in [4.69, 9.17) is 16.4 Å². The molecule has 0 aliphatic carbocycles. The minimum Gasteiger partial charge on any atom is -0.384 e. The van der Waals surface area contributed by atoms with Crippen LogP contribution in [0.1, 0.15) is 6.23 Å². The quantitative estimate of drug-likeness (QED) is 0.581. The summed E-state index contributed by atoms with van der Waals surface area (Å²) in [5.41, 5.74) is 4.25. The average Bonchev–Trinajstić information content (AvgIpc) is 2.54. The number of hydrogen-bond acceptors (Lipinski definition) is 7. The molecule has 0 spiro atoms. The molecule has 1 aromatic rings. The van der Waals surface area contributed by atoms with Crippen LogP contribution in [0.5, 0.6) is 0 Å². The van der Waals surface area contributed by atoms with E-state index in [1.165, 1.54) is 6.07 Å². The van der Waals surface area contributed by atoms with Crippen molar-refractivity contribution in [3.05, 3.63) is 22.7 Å². The monoisotopic (exact) mass is 278 g/mol. The van der Waals surface area contributed by atoms with Gasteiger partial charge in [-0.25, -0.2) is 10.7 Å². The number of ether oxygens (including phenoxy) is 1. The van der Waals surface area contributed by atoms with Gasteiger partial charge in [0, 0.05) is 6.20 Å². The number of aromatic nitrogens is 2. The number of nitrogens with zero attached hydrogens (tertiary/aromatic N) is 2. The molecule has 5 N–H and O–H groups in total. The zero-order valence-electron chi connectivity index (χ0n) is 9.57. The summed E-state index contributed by atoms with van der Waals surface area (Å²) >= 11 is 0. The van der Waals surface area contributed by atoms with Crippen molar-refractivity contribution < 1.29 is 23.5 Å². The third-order valence-electron chi connectivity index (χ3n) is 2.74. The molecule has 10 heteroatoms. The molecule has 1 fully saturated rings. The minimum atomic E-state index is -3.69. The van der Waals surface area contributed by atoms with Gasteiger partial charge >= 0.3 is 11.6 Å². The van der Waals surface area contributed by atoms with Crippen molar-refractivity contribution in [3.63, 3.8) is 0 Å². The Morgan fingerprint density at radius 2 is 2.32 bits per heavy atom. The van der Waals surface area contributed by atoms with Crippen LogP contribution in [-0.2, 0) is 9.57 Å². The summed E-state index contributed by atoms with van der Waals surface area (Å²) in [7, 11) is 0. The number of nitrogen functional groups attached to an aromatic ring is 1. The van der Waals surface area contributed by atoms with E-state index < -0.39 is 36.7 Å². The van der Waals surface area contributed by atoms with Crippen LogP contribution in [0.25, 0.3) is 0 Å². The average molecular weight is 278 g/mol. The molecule has 0 amide bonds. The number of halogens is 2. The highest BCUT2D eigenvalue weighted by atomic mass is 19.3. The van der Waals surface area contributed by atoms with E-state index in [9.17, 15) is 18.7 Å². The molecule has 1 aliphatic rings. The fourth-order valence-corrected chi connectivity index (χ4v) is 1.81. The van der Waals surface area contributed by atoms with Crippen molar-refractivity contribution >= 4 is 5.82 Å². The van der Waals surface area contributed by atoms with Crippen LogP contribution >= 0.6 is 0 Å². The second-order valence-corrected chi connectivity index (χ2v) is 4.02. The number of aliphatic hydroxyl groups excluding tert-OH is 1. The lowest BCUT2D eigenvalue weighted by atomic mass is 10.1. The summed E-state index contributed by atoms with van der Waals surface area (Å²) < 4.78 is 33.2. The Balaban J connectivity index is 2.36. The van der Waals surface area contributed by atoms with Gasteiger partial charge in [0.1, 0.15) is 11.9 Å². The highest BCUT2D eigenvalue weighted by Gasteiger charge is 2.59. The molecular weight excluding hydrogens is 266 g/mol. The topological polar surface area (TPSA) is 126 Å². The van der Waals surface area contributed by atoms with Gasteiger partial charge in [-0.1, -0.05) is 0 Å². The summed E-state index contributed by atoms with van der Waals surface area (Å²) in [4.78, 5) is 19.0. The normalized spacial score (nSPS) is 29.6. The first-order valence-corrected chi connectivity index (χ1v) is 5.25. The van der Waals surface area contributed by atoms with E-state index in [-0.39, 0.29) is 5.82 Å². The van der Waals surface area contributed by atoms with Crippen molar-refractivity contribution in [2.24, 2.45) is 5.90 Å². The highest BCUT2D eigenvalue weighted by molar-refractivity contribution is 5.23. The second kappa shape index (κ2) is 4.81. The summed E-state index contributed by atoms with van der Waals surface area (Å²) in [6, 6.07) is 1.17. The lowest BCUT2D eigenvalue weighted by Gasteiger charge is -2.20. The van der Waals surface area contributed by atoms with Crippen LogP contribution in [0.2, 0.25) is 0 Å². The molecule has 1 saturated heterocycles. The fraction of sp³-hybridized carbons (Fsp3) is 0.556. The number of hydrogen-bond donors (Lipinski definition) is 3. The summed E-state index contributed by atoms with van der Waals surface area (Å²) in [5.74, 6) is 0.963. The molecule has 2 rings (SSSR count). The van der Waals surface area contributed by atoms with Crippen LogP contribution in [0.3, 0.4) is 0 Å². The molecular formula is C9H12F2N4O4. The first-order valence-electron chi connectivity index (χ1n) is 5.25. The Morgan fingerprint density at radius 3 is 2.89 bits per heavy atom. The SMILES string of the molecule is NOCC1OC(n2ccc(N)nc2=O)C(F)(F)C1O. The lowest BCUT2D eigenvalue weighted by Crippen LogP contribution is -2.42. The molecule has 0 aromatic carbocycles. The summed E-state index contributed by atoms with van der Waals surface area (Å²) in [5, 5.41) is 9.45. The molecule has 2 heterocycles. The van der Waals surface area contributed by atoms with E-state index in [2.05, 4.69) is 9.82 Å². The molecule has 1 aromatic heterocycles. The van der Waals surface area contributed by atoms with Crippen molar-refractivity contribution in [3.8, 4) is 0 Å². The maximum Gasteiger partial charge on any atom is 0.351 e. The predicted molar refractivity (Wildman–Crippen MR) is 57.9 cm³/mol. The molecule has 0 bridgehead atoms. The van der Waals surface area contributed by atoms with Crippen molar-refractivity contribution in [1.29, 1.82) is 0 Å². The number of aliphatic hydroxyl groups is 1. The van der Waals surface area contributed by atoms with Gasteiger partial charge in [-0.3, -0.25) is 4.57 Å². The highest BCUT2D eigenvalue weighted by Crippen LogP contribution is 2.42. The van der Waals surface area contributed by atoms with E-state index in [1.54, 1.807) is 0 Å². The second-order valence-electron chi connectivity index (χ2n) is 4.02. The predicted octanol–water partition coefficient (Wildman–Crippen LogP) is -1.39. The number of rotatable bonds is 3. The van der Waals surface area contributed by atoms with Crippen LogP contribution in [0.4, 0.5) is 14.6 Å². The number of alkyl halides is 2. The third-order valence-corrected chi connectivity index (χ3v) is 2.74.